The lowest BCUT2D eigenvalue weighted by molar-refractivity contribution is -0.137. The van der Waals surface area contributed by atoms with Crippen molar-refractivity contribution in [3.05, 3.63) is 29.8 Å². The fraction of sp³-hybridized carbons (Fsp3) is 0.533. The Balaban J connectivity index is 2.41. The summed E-state index contributed by atoms with van der Waals surface area (Å²) in [6.45, 7) is 3.67. The third kappa shape index (κ3) is 6.62. The number of halogens is 3. The van der Waals surface area contributed by atoms with Crippen molar-refractivity contribution in [2.75, 3.05) is 25.5 Å². The van der Waals surface area contributed by atoms with E-state index in [-0.39, 0.29) is 5.91 Å². The minimum Gasteiger partial charge on any atom is -0.326 e. The SMILES string of the molecule is CCCCN(C)CCC(=O)Nc1ccc(C(F)(F)F)cc1. The molecule has 0 heterocycles. The Morgan fingerprint density at radius 1 is 1.19 bits per heavy atom. The molecule has 0 fully saturated rings. The van der Waals surface area contributed by atoms with Crippen molar-refractivity contribution in [3.63, 3.8) is 0 Å². The molecule has 1 rings (SSSR count). The number of anilines is 1. The summed E-state index contributed by atoms with van der Waals surface area (Å²) in [6.07, 6.45) is -1.86. The molecular formula is C15H21F3N2O. The molecule has 118 valence electrons. The predicted molar refractivity (Wildman–Crippen MR) is 77.1 cm³/mol. The van der Waals surface area contributed by atoms with Crippen molar-refractivity contribution in [1.82, 2.24) is 4.90 Å². The summed E-state index contributed by atoms with van der Waals surface area (Å²) in [7, 11) is 1.95. The summed E-state index contributed by atoms with van der Waals surface area (Å²) >= 11 is 0. The largest absolute Gasteiger partial charge is 0.416 e. The number of hydrogen-bond acceptors (Lipinski definition) is 2. The van der Waals surface area contributed by atoms with Crippen molar-refractivity contribution >= 4 is 11.6 Å². The van der Waals surface area contributed by atoms with Gasteiger partial charge in [0.05, 0.1) is 5.56 Å². The van der Waals surface area contributed by atoms with Gasteiger partial charge in [-0.25, -0.2) is 0 Å². The van der Waals surface area contributed by atoms with E-state index in [1.54, 1.807) is 0 Å². The molecule has 1 aromatic rings. The lowest BCUT2D eigenvalue weighted by Gasteiger charge is -2.15. The standard InChI is InChI=1S/C15H21F3N2O/c1-3-4-10-20(2)11-9-14(21)19-13-7-5-12(6-8-13)15(16,17)18/h5-8H,3-4,9-11H2,1-2H3,(H,19,21). The molecular weight excluding hydrogens is 281 g/mol. The minimum atomic E-state index is -4.36. The number of nitrogens with one attached hydrogen (secondary N) is 1. The average Bonchev–Trinajstić information content (AvgIpc) is 2.42. The summed E-state index contributed by atoms with van der Waals surface area (Å²) in [6, 6.07) is 4.45. The van der Waals surface area contributed by atoms with Crippen LogP contribution in [0.2, 0.25) is 0 Å². The normalized spacial score (nSPS) is 11.7. The van der Waals surface area contributed by atoms with Crippen LogP contribution in [0, 0.1) is 0 Å². The fourth-order valence-electron chi connectivity index (χ4n) is 1.80. The van der Waals surface area contributed by atoms with E-state index in [1.165, 1.54) is 12.1 Å². The summed E-state index contributed by atoms with van der Waals surface area (Å²) in [4.78, 5) is 13.8. The highest BCUT2D eigenvalue weighted by Crippen LogP contribution is 2.29. The van der Waals surface area contributed by atoms with Crippen molar-refractivity contribution in [1.29, 1.82) is 0 Å². The molecule has 0 aliphatic carbocycles. The van der Waals surface area contributed by atoms with Crippen molar-refractivity contribution in [2.24, 2.45) is 0 Å². The van der Waals surface area contributed by atoms with E-state index in [0.717, 1.165) is 31.5 Å². The number of carbonyl (C=O) groups is 1. The molecule has 0 saturated carbocycles. The summed E-state index contributed by atoms with van der Waals surface area (Å²) in [5.41, 5.74) is -0.344. The maximum atomic E-state index is 12.4. The molecule has 21 heavy (non-hydrogen) atoms. The van der Waals surface area contributed by atoms with Gasteiger partial charge in [-0.3, -0.25) is 4.79 Å². The molecule has 0 aliphatic rings. The van der Waals surface area contributed by atoms with Gasteiger partial charge in [0, 0.05) is 18.7 Å². The van der Waals surface area contributed by atoms with Gasteiger partial charge in [0.25, 0.3) is 0 Å². The quantitative estimate of drug-likeness (QED) is 0.831. The van der Waals surface area contributed by atoms with Gasteiger partial charge in [0.2, 0.25) is 5.91 Å². The molecule has 0 aliphatic heterocycles. The third-order valence-corrected chi connectivity index (χ3v) is 3.11. The summed E-state index contributed by atoms with van der Waals surface area (Å²) in [5.74, 6) is -0.196. The number of nitrogens with zero attached hydrogens (tertiary/aromatic N) is 1. The Morgan fingerprint density at radius 3 is 2.33 bits per heavy atom. The fourth-order valence-corrected chi connectivity index (χ4v) is 1.80. The van der Waals surface area contributed by atoms with Crippen LogP contribution in [0.1, 0.15) is 31.7 Å². The van der Waals surface area contributed by atoms with Crippen LogP contribution >= 0.6 is 0 Å². The van der Waals surface area contributed by atoms with E-state index in [1.807, 2.05) is 7.05 Å². The highest BCUT2D eigenvalue weighted by Gasteiger charge is 2.29. The minimum absolute atomic E-state index is 0.196. The van der Waals surface area contributed by atoms with Crippen LogP contribution < -0.4 is 5.32 Å². The van der Waals surface area contributed by atoms with Gasteiger partial charge in [-0.1, -0.05) is 13.3 Å². The molecule has 0 spiro atoms. The van der Waals surface area contributed by atoms with E-state index in [4.69, 9.17) is 0 Å². The molecule has 0 unspecified atom stereocenters. The Bertz CT molecular complexity index is 443. The second-order valence-electron chi connectivity index (χ2n) is 5.03. The number of unbranched alkanes of at least 4 members (excludes halogenated alkanes) is 1. The Kier molecular flexibility index (Phi) is 6.68. The molecule has 6 heteroatoms. The zero-order chi connectivity index (χ0) is 15.9. The second kappa shape index (κ2) is 8.02. The van der Waals surface area contributed by atoms with E-state index in [2.05, 4.69) is 17.1 Å². The molecule has 1 N–H and O–H groups in total. The van der Waals surface area contributed by atoms with Crippen LogP contribution in [-0.4, -0.2) is 30.9 Å². The van der Waals surface area contributed by atoms with Gasteiger partial charge in [0.1, 0.15) is 0 Å². The molecule has 1 aromatic carbocycles. The van der Waals surface area contributed by atoms with Gasteiger partial charge >= 0.3 is 6.18 Å². The Labute approximate surface area is 123 Å². The number of carbonyl (C=O) groups excluding carboxylic acids is 1. The first-order valence-corrected chi connectivity index (χ1v) is 6.98. The van der Waals surface area contributed by atoms with Crippen LogP contribution in [-0.2, 0) is 11.0 Å². The van der Waals surface area contributed by atoms with E-state index >= 15 is 0 Å². The third-order valence-electron chi connectivity index (χ3n) is 3.11. The molecule has 3 nitrogen and oxygen atoms in total. The van der Waals surface area contributed by atoms with Gasteiger partial charge in [0.15, 0.2) is 0 Å². The highest BCUT2D eigenvalue weighted by molar-refractivity contribution is 5.90. The molecule has 0 saturated heterocycles. The van der Waals surface area contributed by atoms with Crippen molar-refractivity contribution in [2.45, 2.75) is 32.4 Å². The molecule has 1 amide bonds. The first kappa shape index (κ1) is 17.5. The smallest absolute Gasteiger partial charge is 0.326 e. The summed E-state index contributed by atoms with van der Waals surface area (Å²) < 4.78 is 37.2. The summed E-state index contributed by atoms with van der Waals surface area (Å²) in [5, 5.41) is 2.60. The molecule has 0 radical (unpaired) electrons. The maximum Gasteiger partial charge on any atom is 0.416 e. The van der Waals surface area contributed by atoms with E-state index in [9.17, 15) is 18.0 Å². The molecule has 0 bridgehead atoms. The Morgan fingerprint density at radius 2 is 1.81 bits per heavy atom. The average molecular weight is 302 g/mol. The van der Waals surface area contributed by atoms with Crippen molar-refractivity contribution < 1.29 is 18.0 Å². The topological polar surface area (TPSA) is 32.3 Å². The van der Waals surface area contributed by atoms with Crippen LogP contribution in [0.15, 0.2) is 24.3 Å². The van der Waals surface area contributed by atoms with Crippen LogP contribution in [0.4, 0.5) is 18.9 Å². The zero-order valence-corrected chi connectivity index (χ0v) is 12.3. The monoisotopic (exact) mass is 302 g/mol. The lowest BCUT2D eigenvalue weighted by Crippen LogP contribution is -2.25. The number of hydrogen-bond donors (Lipinski definition) is 1. The molecule has 0 aromatic heterocycles. The van der Waals surface area contributed by atoms with Crippen LogP contribution in [0.25, 0.3) is 0 Å². The van der Waals surface area contributed by atoms with Crippen LogP contribution in [0.3, 0.4) is 0 Å². The second-order valence-corrected chi connectivity index (χ2v) is 5.03. The van der Waals surface area contributed by atoms with Crippen LogP contribution in [0.5, 0.6) is 0 Å². The first-order chi connectivity index (χ1) is 9.82. The van der Waals surface area contributed by atoms with Gasteiger partial charge in [-0.2, -0.15) is 13.2 Å². The number of rotatable bonds is 7. The highest BCUT2D eigenvalue weighted by atomic mass is 19.4. The number of benzene rings is 1. The van der Waals surface area contributed by atoms with Crippen molar-refractivity contribution in [3.8, 4) is 0 Å². The maximum absolute atomic E-state index is 12.4. The first-order valence-electron chi connectivity index (χ1n) is 6.98. The van der Waals surface area contributed by atoms with E-state index in [0.29, 0.717) is 18.7 Å². The van der Waals surface area contributed by atoms with E-state index < -0.39 is 11.7 Å². The Hall–Kier alpha value is -1.56. The van der Waals surface area contributed by atoms with Gasteiger partial charge in [-0.05, 0) is 44.3 Å². The number of alkyl halides is 3. The lowest BCUT2D eigenvalue weighted by atomic mass is 10.2. The predicted octanol–water partition coefficient (Wildman–Crippen LogP) is 3.77. The zero-order valence-electron chi connectivity index (χ0n) is 12.3. The van der Waals surface area contributed by atoms with Gasteiger partial charge < -0.3 is 10.2 Å². The number of amides is 1. The molecule has 0 atom stereocenters. The van der Waals surface area contributed by atoms with Gasteiger partial charge in [-0.15, -0.1) is 0 Å².